The first-order valence-electron chi connectivity index (χ1n) is 7.38. The lowest BCUT2D eigenvalue weighted by atomic mass is 9.95. The van der Waals surface area contributed by atoms with E-state index in [0.29, 0.717) is 0 Å². The number of aliphatic carboxylic acids is 1. The van der Waals surface area contributed by atoms with Crippen LogP contribution in [0.15, 0.2) is 41.7 Å². The number of carboxylic acid groups (broad SMARTS) is 1. The van der Waals surface area contributed by atoms with E-state index in [1.807, 2.05) is 30.3 Å². The summed E-state index contributed by atoms with van der Waals surface area (Å²) >= 11 is 0. The Morgan fingerprint density at radius 1 is 1.22 bits per heavy atom. The number of ether oxygens (including phenoxy) is 1. The van der Waals surface area contributed by atoms with Gasteiger partial charge in [0.05, 0.1) is 18.2 Å². The van der Waals surface area contributed by atoms with Crippen molar-refractivity contribution in [2.75, 3.05) is 6.54 Å². The van der Waals surface area contributed by atoms with Crippen LogP contribution in [0.25, 0.3) is 0 Å². The molecule has 0 aromatic heterocycles. The number of aliphatic hydroxyl groups excluding tert-OH is 1. The molecule has 23 heavy (non-hydrogen) atoms. The number of nitrogens with zero attached hydrogens (tertiary/aromatic N) is 1. The van der Waals surface area contributed by atoms with Crippen LogP contribution in [0.5, 0.6) is 0 Å². The highest BCUT2D eigenvalue weighted by Crippen LogP contribution is 2.34. The highest BCUT2D eigenvalue weighted by atomic mass is 16.6. The van der Waals surface area contributed by atoms with Gasteiger partial charge in [0.2, 0.25) is 0 Å². The third-order valence-electron chi connectivity index (χ3n) is 3.51. The Balaban J connectivity index is 2.37. The van der Waals surface area contributed by atoms with Gasteiger partial charge in [-0.15, -0.1) is 0 Å². The number of amides is 1. The Bertz CT molecular complexity index is 630. The van der Waals surface area contributed by atoms with Crippen molar-refractivity contribution in [2.45, 2.75) is 38.8 Å². The number of benzene rings is 1. The molecular weight excluding hydrogens is 298 g/mol. The lowest BCUT2D eigenvalue weighted by molar-refractivity contribution is -0.133. The first-order chi connectivity index (χ1) is 10.7. The molecule has 0 bridgehead atoms. The van der Waals surface area contributed by atoms with Crippen molar-refractivity contribution in [3.05, 3.63) is 47.2 Å². The van der Waals surface area contributed by atoms with Gasteiger partial charge in [-0.1, -0.05) is 30.3 Å². The van der Waals surface area contributed by atoms with E-state index >= 15 is 0 Å². The van der Waals surface area contributed by atoms with Crippen molar-refractivity contribution in [1.82, 2.24) is 4.90 Å². The predicted molar refractivity (Wildman–Crippen MR) is 84.0 cm³/mol. The fraction of sp³-hybridized carbons (Fsp3) is 0.412. The van der Waals surface area contributed by atoms with Gasteiger partial charge in [0.1, 0.15) is 11.4 Å². The maximum absolute atomic E-state index is 12.5. The predicted octanol–water partition coefficient (Wildman–Crippen LogP) is 3.27. The summed E-state index contributed by atoms with van der Waals surface area (Å²) in [5.74, 6) is -1.44. The van der Waals surface area contributed by atoms with E-state index < -0.39 is 23.7 Å². The first kappa shape index (κ1) is 16.9. The van der Waals surface area contributed by atoms with Crippen molar-refractivity contribution < 1.29 is 24.5 Å². The van der Waals surface area contributed by atoms with E-state index in [4.69, 9.17) is 4.74 Å². The Kier molecular flexibility index (Phi) is 4.63. The minimum absolute atomic E-state index is 0.0465. The molecular formula is C17H21NO5. The van der Waals surface area contributed by atoms with Crippen LogP contribution < -0.4 is 0 Å². The minimum Gasteiger partial charge on any atom is -0.512 e. The quantitative estimate of drug-likeness (QED) is 0.873. The second-order valence-corrected chi connectivity index (χ2v) is 6.47. The van der Waals surface area contributed by atoms with Crippen LogP contribution in [-0.2, 0) is 9.53 Å². The summed E-state index contributed by atoms with van der Waals surface area (Å²) < 4.78 is 5.38. The van der Waals surface area contributed by atoms with Gasteiger partial charge in [0.25, 0.3) is 0 Å². The molecule has 0 fully saturated rings. The normalized spacial score (nSPS) is 18.7. The zero-order valence-electron chi connectivity index (χ0n) is 13.4. The number of carboxylic acids is 1. The van der Waals surface area contributed by atoms with Gasteiger partial charge in [0, 0.05) is 6.42 Å². The molecule has 0 saturated heterocycles. The van der Waals surface area contributed by atoms with Crippen LogP contribution >= 0.6 is 0 Å². The fourth-order valence-corrected chi connectivity index (χ4v) is 2.46. The molecule has 0 radical (unpaired) electrons. The van der Waals surface area contributed by atoms with Gasteiger partial charge in [-0.05, 0) is 26.3 Å². The molecule has 1 heterocycles. The molecule has 6 heteroatoms. The molecule has 0 spiro atoms. The molecule has 0 aliphatic carbocycles. The molecule has 1 amide bonds. The summed E-state index contributed by atoms with van der Waals surface area (Å²) in [7, 11) is 0. The van der Waals surface area contributed by atoms with Crippen molar-refractivity contribution in [1.29, 1.82) is 0 Å². The molecule has 124 valence electrons. The highest BCUT2D eigenvalue weighted by Gasteiger charge is 2.36. The second kappa shape index (κ2) is 6.32. The van der Waals surface area contributed by atoms with Gasteiger partial charge in [-0.3, -0.25) is 4.90 Å². The van der Waals surface area contributed by atoms with Crippen molar-refractivity contribution >= 4 is 12.1 Å². The zero-order valence-corrected chi connectivity index (χ0v) is 13.4. The van der Waals surface area contributed by atoms with E-state index in [2.05, 4.69) is 0 Å². The van der Waals surface area contributed by atoms with E-state index in [1.54, 1.807) is 20.8 Å². The number of carbonyl (C=O) groups excluding carboxylic acids is 1. The average Bonchev–Trinajstić information content (AvgIpc) is 2.45. The molecule has 1 aliphatic rings. The van der Waals surface area contributed by atoms with Crippen molar-refractivity contribution in [3.63, 3.8) is 0 Å². The van der Waals surface area contributed by atoms with Crippen LogP contribution in [0.2, 0.25) is 0 Å². The molecule has 2 N–H and O–H groups in total. The smallest absolute Gasteiger partial charge is 0.411 e. The van der Waals surface area contributed by atoms with E-state index in [1.165, 1.54) is 4.90 Å². The monoisotopic (exact) mass is 319 g/mol. The summed E-state index contributed by atoms with van der Waals surface area (Å²) in [5, 5.41) is 19.2. The molecule has 6 nitrogen and oxygen atoms in total. The second-order valence-electron chi connectivity index (χ2n) is 6.47. The van der Waals surface area contributed by atoms with Gasteiger partial charge in [-0.25, -0.2) is 9.59 Å². The van der Waals surface area contributed by atoms with Crippen LogP contribution in [0.3, 0.4) is 0 Å². The largest absolute Gasteiger partial charge is 0.512 e. The van der Waals surface area contributed by atoms with Crippen molar-refractivity contribution in [2.24, 2.45) is 0 Å². The lowest BCUT2D eigenvalue weighted by Crippen LogP contribution is -2.43. The number of rotatable bonds is 2. The summed E-state index contributed by atoms with van der Waals surface area (Å²) in [6.45, 7) is 5.04. The maximum atomic E-state index is 12.5. The fourth-order valence-electron chi connectivity index (χ4n) is 2.46. The number of aliphatic hydroxyl groups is 1. The van der Waals surface area contributed by atoms with Crippen LogP contribution in [0.4, 0.5) is 4.79 Å². The highest BCUT2D eigenvalue weighted by molar-refractivity contribution is 5.89. The number of carbonyl (C=O) groups is 2. The molecule has 1 aromatic rings. The van der Waals surface area contributed by atoms with Gasteiger partial charge < -0.3 is 14.9 Å². The summed E-state index contributed by atoms with van der Waals surface area (Å²) in [5.41, 5.74) is -0.0531. The van der Waals surface area contributed by atoms with Gasteiger partial charge in [0.15, 0.2) is 0 Å². The van der Waals surface area contributed by atoms with Crippen LogP contribution in [-0.4, -0.2) is 39.3 Å². The van der Waals surface area contributed by atoms with Crippen LogP contribution in [0.1, 0.15) is 38.8 Å². The Morgan fingerprint density at radius 3 is 2.35 bits per heavy atom. The molecule has 2 rings (SSSR count). The average molecular weight is 319 g/mol. The maximum Gasteiger partial charge on any atom is 0.411 e. The topological polar surface area (TPSA) is 87.1 Å². The third kappa shape index (κ3) is 4.03. The van der Waals surface area contributed by atoms with Gasteiger partial charge >= 0.3 is 12.1 Å². The number of hydrogen-bond acceptors (Lipinski definition) is 4. The lowest BCUT2D eigenvalue weighted by Gasteiger charge is -2.36. The summed E-state index contributed by atoms with van der Waals surface area (Å²) in [6, 6.07) is 8.71. The van der Waals surface area contributed by atoms with E-state index in [0.717, 1.165) is 5.56 Å². The van der Waals surface area contributed by atoms with E-state index in [9.17, 15) is 19.8 Å². The molecule has 1 aromatic carbocycles. The standard InChI is InChI=1S/C17H21NO5/c1-17(2,3)23-16(22)18-10-12(15(20)21)14(19)9-13(18)11-7-5-4-6-8-11/h4-8,13,19H,9-10H2,1-3H3,(H,20,21)/t13-/m0/s1. The Hall–Kier alpha value is -2.50. The Morgan fingerprint density at radius 2 is 1.83 bits per heavy atom. The van der Waals surface area contributed by atoms with Crippen LogP contribution in [0, 0.1) is 0 Å². The molecule has 0 saturated carbocycles. The zero-order chi connectivity index (χ0) is 17.2. The van der Waals surface area contributed by atoms with E-state index in [-0.39, 0.29) is 24.3 Å². The summed E-state index contributed by atoms with van der Waals surface area (Å²) in [6.07, 6.45) is -0.553. The molecule has 1 aliphatic heterocycles. The molecule has 0 unspecified atom stereocenters. The Labute approximate surface area is 135 Å². The molecule has 1 atom stereocenters. The summed E-state index contributed by atoms with van der Waals surface area (Å²) in [4.78, 5) is 25.1. The SMILES string of the molecule is CC(C)(C)OC(=O)N1CC(C(=O)O)=C(O)C[C@H]1c1ccccc1. The first-order valence-corrected chi connectivity index (χ1v) is 7.38. The van der Waals surface area contributed by atoms with Gasteiger partial charge in [-0.2, -0.15) is 0 Å². The third-order valence-corrected chi connectivity index (χ3v) is 3.51. The number of hydrogen-bond donors (Lipinski definition) is 2. The minimum atomic E-state index is -1.23. The van der Waals surface area contributed by atoms with Crippen molar-refractivity contribution in [3.8, 4) is 0 Å².